The third-order valence-electron chi connectivity index (χ3n) is 2.63. The molecule has 2 aromatic rings. The van der Waals surface area contributed by atoms with Gasteiger partial charge in [0, 0.05) is 17.8 Å². The monoisotopic (exact) mass is 300 g/mol. The largest absolute Gasteiger partial charge is 0.397 e. The predicted octanol–water partition coefficient (Wildman–Crippen LogP) is 1.68. The first-order valence-electron chi connectivity index (χ1n) is 5.46. The number of anilines is 1. The van der Waals surface area contributed by atoms with E-state index in [0.717, 1.165) is 5.56 Å². The molecule has 4 N–H and O–H groups in total. The van der Waals surface area contributed by atoms with E-state index in [1.54, 1.807) is 19.3 Å². The van der Waals surface area contributed by atoms with Gasteiger partial charge in [-0.05, 0) is 25.1 Å². The topological polar surface area (TPSA) is 101 Å². The Kier molecular flexibility index (Phi) is 3.79. The highest BCUT2D eigenvalue weighted by atomic mass is 35.5. The van der Waals surface area contributed by atoms with Gasteiger partial charge in [-0.1, -0.05) is 11.6 Å². The molecule has 2 rings (SSSR count). The molecule has 0 aliphatic carbocycles. The number of aromatic nitrogens is 2. The van der Waals surface area contributed by atoms with Crippen molar-refractivity contribution in [2.45, 2.75) is 17.9 Å². The quantitative estimate of drug-likeness (QED) is 0.748. The van der Waals surface area contributed by atoms with Crippen molar-refractivity contribution in [3.63, 3.8) is 0 Å². The van der Waals surface area contributed by atoms with Gasteiger partial charge >= 0.3 is 0 Å². The van der Waals surface area contributed by atoms with Gasteiger partial charge in [-0.2, -0.15) is 5.10 Å². The fraction of sp³-hybridized carbons (Fsp3) is 0.182. The number of sulfonamides is 1. The molecule has 6 nitrogen and oxygen atoms in total. The summed E-state index contributed by atoms with van der Waals surface area (Å²) in [5.74, 6) is 0. The average Bonchev–Trinajstić information content (AvgIpc) is 2.85. The van der Waals surface area contributed by atoms with Crippen LogP contribution in [0.15, 0.2) is 35.5 Å². The van der Waals surface area contributed by atoms with Gasteiger partial charge in [0.15, 0.2) is 0 Å². The Morgan fingerprint density at radius 3 is 2.79 bits per heavy atom. The van der Waals surface area contributed by atoms with Crippen molar-refractivity contribution in [1.82, 2.24) is 14.9 Å². The summed E-state index contributed by atoms with van der Waals surface area (Å²) in [5, 5.41) is 6.73. The fourth-order valence-corrected chi connectivity index (χ4v) is 2.94. The van der Waals surface area contributed by atoms with Crippen molar-refractivity contribution in [2.75, 3.05) is 5.73 Å². The van der Waals surface area contributed by atoms with Gasteiger partial charge in [0.05, 0.1) is 21.8 Å². The minimum Gasteiger partial charge on any atom is -0.397 e. The number of H-pyrrole nitrogens is 1. The van der Waals surface area contributed by atoms with Gasteiger partial charge < -0.3 is 5.73 Å². The SMILES string of the molecule is CC(NS(=O)(=O)c1ccc(Cl)c(N)c1)c1cn[nH]c1. The summed E-state index contributed by atoms with van der Waals surface area (Å²) in [5.41, 5.74) is 6.57. The van der Waals surface area contributed by atoms with Crippen LogP contribution in [0.5, 0.6) is 0 Å². The minimum atomic E-state index is -3.66. The van der Waals surface area contributed by atoms with Gasteiger partial charge in [-0.25, -0.2) is 13.1 Å². The molecule has 0 fully saturated rings. The maximum Gasteiger partial charge on any atom is 0.241 e. The molecule has 0 bridgehead atoms. The third-order valence-corrected chi connectivity index (χ3v) is 4.51. The maximum absolute atomic E-state index is 12.2. The second-order valence-corrected chi connectivity index (χ2v) is 6.18. The zero-order valence-corrected chi connectivity index (χ0v) is 11.7. The molecular formula is C11H13ClN4O2S. The Hall–Kier alpha value is -1.57. The van der Waals surface area contributed by atoms with Gasteiger partial charge in [0.2, 0.25) is 10.0 Å². The van der Waals surface area contributed by atoms with E-state index in [1.807, 2.05) is 0 Å². The summed E-state index contributed by atoms with van der Waals surface area (Å²) in [6.45, 7) is 1.72. The lowest BCUT2D eigenvalue weighted by atomic mass is 10.2. The smallest absolute Gasteiger partial charge is 0.241 e. The lowest BCUT2D eigenvalue weighted by molar-refractivity contribution is 0.567. The Labute approximate surface area is 116 Å². The molecule has 0 spiro atoms. The Balaban J connectivity index is 2.25. The molecule has 0 amide bonds. The summed E-state index contributed by atoms with van der Waals surface area (Å²) in [4.78, 5) is 0.0738. The number of benzene rings is 1. The van der Waals surface area contributed by atoms with E-state index in [2.05, 4.69) is 14.9 Å². The van der Waals surface area contributed by atoms with Gasteiger partial charge in [-0.3, -0.25) is 5.10 Å². The molecule has 1 aromatic carbocycles. The van der Waals surface area contributed by atoms with Crippen LogP contribution in [-0.2, 0) is 10.0 Å². The molecule has 19 heavy (non-hydrogen) atoms. The first kappa shape index (κ1) is 13.9. The molecule has 0 aliphatic heterocycles. The van der Waals surface area contributed by atoms with Crippen molar-refractivity contribution < 1.29 is 8.42 Å². The van der Waals surface area contributed by atoms with E-state index >= 15 is 0 Å². The number of nitrogen functional groups attached to an aromatic ring is 1. The standard InChI is InChI=1S/C11H13ClN4O2S/c1-7(8-5-14-15-6-8)16-19(17,18)9-2-3-10(12)11(13)4-9/h2-7,16H,13H2,1H3,(H,14,15). The number of hydrogen-bond donors (Lipinski definition) is 3. The first-order chi connectivity index (χ1) is 8.90. The molecule has 0 aliphatic rings. The number of hydrogen-bond acceptors (Lipinski definition) is 4. The van der Waals surface area contributed by atoms with Crippen LogP contribution in [-0.4, -0.2) is 18.6 Å². The lowest BCUT2D eigenvalue weighted by Gasteiger charge is -2.13. The number of rotatable bonds is 4. The second kappa shape index (κ2) is 5.20. The Bertz CT molecular complexity index is 670. The van der Waals surface area contributed by atoms with E-state index < -0.39 is 16.1 Å². The molecule has 1 unspecified atom stereocenters. The molecule has 0 radical (unpaired) electrons. The van der Waals surface area contributed by atoms with Crippen LogP contribution < -0.4 is 10.5 Å². The number of halogens is 1. The van der Waals surface area contributed by atoms with E-state index in [4.69, 9.17) is 17.3 Å². The van der Waals surface area contributed by atoms with Crippen LogP contribution in [0.3, 0.4) is 0 Å². The van der Waals surface area contributed by atoms with Crippen LogP contribution in [0.1, 0.15) is 18.5 Å². The van der Waals surface area contributed by atoms with Crippen molar-refractivity contribution in [2.24, 2.45) is 0 Å². The summed E-state index contributed by atoms with van der Waals surface area (Å²) >= 11 is 5.77. The molecule has 0 saturated heterocycles. The average molecular weight is 301 g/mol. The zero-order valence-electron chi connectivity index (χ0n) is 10.1. The third kappa shape index (κ3) is 3.06. The van der Waals surface area contributed by atoms with Crippen LogP contribution in [0.4, 0.5) is 5.69 Å². The Morgan fingerprint density at radius 1 is 1.47 bits per heavy atom. The molecule has 0 saturated carbocycles. The van der Waals surface area contributed by atoms with Crippen molar-refractivity contribution >= 4 is 27.3 Å². The minimum absolute atomic E-state index is 0.0738. The molecule has 1 atom stereocenters. The second-order valence-electron chi connectivity index (χ2n) is 4.06. The molecule has 1 heterocycles. The van der Waals surface area contributed by atoms with Crippen LogP contribution in [0, 0.1) is 0 Å². The van der Waals surface area contributed by atoms with Crippen molar-refractivity contribution in [3.05, 3.63) is 41.2 Å². The predicted molar refractivity (Wildman–Crippen MR) is 73.2 cm³/mol. The summed E-state index contributed by atoms with van der Waals surface area (Å²) < 4.78 is 26.9. The highest BCUT2D eigenvalue weighted by Gasteiger charge is 2.19. The number of nitrogens with zero attached hydrogens (tertiary/aromatic N) is 1. The number of nitrogens with one attached hydrogen (secondary N) is 2. The highest BCUT2D eigenvalue weighted by Crippen LogP contribution is 2.23. The first-order valence-corrected chi connectivity index (χ1v) is 7.32. The Morgan fingerprint density at radius 2 is 2.21 bits per heavy atom. The van der Waals surface area contributed by atoms with E-state index in [0.29, 0.717) is 5.02 Å². The fourth-order valence-electron chi connectivity index (χ4n) is 1.56. The van der Waals surface area contributed by atoms with E-state index in [9.17, 15) is 8.42 Å². The van der Waals surface area contributed by atoms with Crippen LogP contribution in [0.2, 0.25) is 5.02 Å². The molecular weight excluding hydrogens is 288 g/mol. The van der Waals surface area contributed by atoms with Crippen molar-refractivity contribution in [3.8, 4) is 0 Å². The van der Waals surface area contributed by atoms with Crippen molar-refractivity contribution in [1.29, 1.82) is 0 Å². The summed E-state index contributed by atoms with van der Waals surface area (Å²) in [6, 6.07) is 3.78. The van der Waals surface area contributed by atoms with E-state index in [-0.39, 0.29) is 10.6 Å². The van der Waals surface area contributed by atoms with Crippen LogP contribution >= 0.6 is 11.6 Å². The van der Waals surface area contributed by atoms with Gasteiger partial charge in [0.1, 0.15) is 0 Å². The summed E-state index contributed by atoms with van der Waals surface area (Å²) in [6.07, 6.45) is 3.19. The normalized spacial score (nSPS) is 13.4. The van der Waals surface area contributed by atoms with E-state index in [1.165, 1.54) is 18.2 Å². The summed E-state index contributed by atoms with van der Waals surface area (Å²) in [7, 11) is -3.66. The molecule has 1 aromatic heterocycles. The molecule has 102 valence electrons. The van der Waals surface area contributed by atoms with Crippen LogP contribution in [0.25, 0.3) is 0 Å². The maximum atomic E-state index is 12.2. The van der Waals surface area contributed by atoms with Gasteiger partial charge in [-0.15, -0.1) is 0 Å². The zero-order chi connectivity index (χ0) is 14.0. The van der Waals surface area contributed by atoms with Gasteiger partial charge in [0.25, 0.3) is 0 Å². The molecule has 8 heteroatoms. The number of nitrogens with two attached hydrogens (primary N) is 1. The highest BCUT2D eigenvalue weighted by molar-refractivity contribution is 7.89. The number of aromatic amines is 1. The lowest BCUT2D eigenvalue weighted by Crippen LogP contribution is -2.26.